The van der Waals surface area contributed by atoms with Crippen molar-refractivity contribution in [3.63, 3.8) is 0 Å². The molecule has 0 N–H and O–H groups in total. The highest BCUT2D eigenvalue weighted by atomic mass is 32.2. The monoisotopic (exact) mass is 651 g/mol. The van der Waals surface area contributed by atoms with Gasteiger partial charge in [0.2, 0.25) is 0 Å². The molecule has 0 radical (unpaired) electrons. The Hall–Kier alpha value is -4.99. The first-order chi connectivity index (χ1) is 24.3. The van der Waals surface area contributed by atoms with E-state index in [1.165, 1.54) is 65.8 Å². The summed E-state index contributed by atoms with van der Waals surface area (Å²) in [5.41, 5.74) is 11.6. The number of benzene rings is 4. The van der Waals surface area contributed by atoms with Crippen molar-refractivity contribution in [1.82, 2.24) is 4.90 Å². The normalized spacial score (nSPS) is 22.2. The van der Waals surface area contributed by atoms with Crippen LogP contribution in [0.2, 0.25) is 0 Å². The van der Waals surface area contributed by atoms with Gasteiger partial charge in [-0.1, -0.05) is 121 Å². The molecule has 4 aliphatic carbocycles. The molecule has 0 amide bonds. The average Bonchev–Trinajstić information content (AvgIpc) is 3.75. The van der Waals surface area contributed by atoms with Crippen molar-refractivity contribution in [2.45, 2.75) is 54.2 Å². The number of allylic oxidation sites excluding steroid dienone is 9. The van der Waals surface area contributed by atoms with Crippen molar-refractivity contribution in [3.05, 3.63) is 179 Å². The smallest absolute Gasteiger partial charge is 0.143 e. The quantitative estimate of drug-likeness (QED) is 0.188. The lowest BCUT2D eigenvalue weighted by molar-refractivity contribution is 0.356. The lowest BCUT2D eigenvalue weighted by Gasteiger charge is -2.38. The molecule has 0 saturated carbocycles. The lowest BCUT2D eigenvalue weighted by Crippen LogP contribution is -2.34. The third-order valence-corrected chi connectivity index (χ3v) is 12.2. The van der Waals surface area contributed by atoms with E-state index in [1.54, 1.807) is 0 Å². The van der Waals surface area contributed by atoms with Crippen molar-refractivity contribution >= 4 is 50.7 Å². The van der Waals surface area contributed by atoms with Gasteiger partial charge in [-0.15, -0.1) is 11.8 Å². The van der Waals surface area contributed by atoms with Crippen LogP contribution in [-0.4, -0.2) is 16.2 Å². The summed E-state index contributed by atoms with van der Waals surface area (Å²) < 4.78 is 6.69. The molecule has 0 bridgehead atoms. The lowest BCUT2D eigenvalue weighted by atomic mass is 9.88. The number of thioether (sulfide) groups is 1. The van der Waals surface area contributed by atoms with Crippen molar-refractivity contribution in [2.75, 3.05) is 0 Å². The standard InChI is InChI=1S/C46H37NOS/c1-2-10-30(11-3-1)31-18-22-34(23-19-31)47(36-26-27-44-41(29-36)38-14-7-9-17-43(38)49-44)35-24-20-32(21-25-35)40-28-33-12-4-5-13-37(33)45-39-15-6-8-16-42(39)48-46(40)45/h1-7,9-15,17-18,20-22,24,26-29,35,41,44H,8,16,19,23,25H2. The Labute approximate surface area is 292 Å². The van der Waals surface area contributed by atoms with Crippen LogP contribution in [0.25, 0.3) is 39.0 Å². The minimum atomic E-state index is 0.224. The highest BCUT2D eigenvalue weighted by molar-refractivity contribution is 8.00. The van der Waals surface area contributed by atoms with Gasteiger partial charge in [0.05, 0.1) is 6.04 Å². The molecular formula is C46H37NOS. The molecule has 238 valence electrons. The maximum Gasteiger partial charge on any atom is 0.143 e. The number of nitrogens with zero attached hydrogens (tertiary/aromatic N) is 1. The van der Waals surface area contributed by atoms with Gasteiger partial charge in [0.15, 0.2) is 0 Å². The molecule has 10 rings (SSSR count). The molecule has 3 unspecified atom stereocenters. The van der Waals surface area contributed by atoms with Gasteiger partial charge in [-0.25, -0.2) is 0 Å². The number of fused-ring (bicyclic) bond motifs is 8. The van der Waals surface area contributed by atoms with Gasteiger partial charge in [0.1, 0.15) is 11.3 Å². The molecule has 2 heterocycles. The summed E-state index contributed by atoms with van der Waals surface area (Å²) in [4.78, 5) is 4.05. The zero-order valence-electron chi connectivity index (χ0n) is 27.4. The van der Waals surface area contributed by atoms with E-state index in [4.69, 9.17) is 4.42 Å². The van der Waals surface area contributed by atoms with Crippen LogP contribution in [0, 0.1) is 0 Å². The Bertz CT molecular complexity index is 2360. The van der Waals surface area contributed by atoms with Crippen LogP contribution in [-0.2, 0) is 6.42 Å². The Morgan fingerprint density at radius 1 is 0.796 bits per heavy atom. The van der Waals surface area contributed by atoms with Crippen LogP contribution in [0.15, 0.2) is 160 Å². The Balaban J connectivity index is 1.04. The van der Waals surface area contributed by atoms with Gasteiger partial charge in [0, 0.05) is 50.4 Å². The molecule has 3 heteroatoms. The largest absolute Gasteiger partial charge is 0.460 e. The topological polar surface area (TPSA) is 16.4 Å². The van der Waals surface area contributed by atoms with Crippen LogP contribution in [0.5, 0.6) is 0 Å². The first-order valence-electron chi connectivity index (χ1n) is 17.7. The number of hydrogen-bond acceptors (Lipinski definition) is 3. The van der Waals surface area contributed by atoms with Gasteiger partial charge >= 0.3 is 0 Å². The van der Waals surface area contributed by atoms with E-state index in [-0.39, 0.29) is 6.04 Å². The summed E-state index contributed by atoms with van der Waals surface area (Å²) in [5, 5.41) is 4.26. The fourth-order valence-electron chi connectivity index (χ4n) is 8.50. The number of aryl methyl sites for hydroxylation is 1. The summed E-state index contributed by atoms with van der Waals surface area (Å²) in [6.45, 7) is 0. The molecule has 1 aliphatic heterocycles. The molecule has 4 aromatic carbocycles. The summed E-state index contributed by atoms with van der Waals surface area (Å²) in [6.07, 6.45) is 28.9. The first-order valence-corrected chi connectivity index (χ1v) is 18.6. The van der Waals surface area contributed by atoms with E-state index in [1.807, 2.05) is 11.8 Å². The summed E-state index contributed by atoms with van der Waals surface area (Å²) in [6, 6.07) is 31.1. The molecule has 5 aliphatic rings. The van der Waals surface area contributed by atoms with Gasteiger partial charge in [-0.2, -0.15) is 0 Å². The third kappa shape index (κ3) is 4.94. The fraction of sp³-hybridized carbons (Fsp3) is 0.174. The molecule has 0 spiro atoms. The van der Waals surface area contributed by atoms with Gasteiger partial charge in [-0.05, 0) is 83.0 Å². The van der Waals surface area contributed by atoms with E-state index in [2.05, 4.69) is 151 Å². The van der Waals surface area contributed by atoms with E-state index in [9.17, 15) is 0 Å². The molecule has 3 atom stereocenters. The summed E-state index contributed by atoms with van der Waals surface area (Å²) in [7, 11) is 0. The second kappa shape index (κ2) is 11.9. The molecule has 0 saturated heterocycles. The van der Waals surface area contributed by atoms with Crippen molar-refractivity contribution in [1.29, 1.82) is 0 Å². The minimum absolute atomic E-state index is 0.224. The van der Waals surface area contributed by atoms with Crippen LogP contribution < -0.4 is 0 Å². The minimum Gasteiger partial charge on any atom is -0.460 e. The highest BCUT2D eigenvalue weighted by Crippen LogP contribution is 2.50. The van der Waals surface area contributed by atoms with Crippen LogP contribution in [0.3, 0.4) is 0 Å². The molecule has 5 aromatic rings. The van der Waals surface area contributed by atoms with E-state index in [0.29, 0.717) is 11.2 Å². The van der Waals surface area contributed by atoms with E-state index in [0.717, 1.165) is 43.4 Å². The van der Waals surface area contributed by atoms with Crippen molar-refractivity contribution < 1.29 is 4.42 Å². The Kier molecular flexibility index (Phi) is 7.01. The molecule has 2 nitrogen and oxygen atoms in total. The molecular weight excluding hydrogens is 615 g/mol. The van der Waals surface area contributed by atoms with Gasteiger partial charge in [0.25, 0.3) is 0 Å². The van der Waals surface area contributed by atoms with Crippen molar-refractivity contribution in [2.24, 2.45) is 0 Å². The summed E-state index contributed by atoms with van der Waals surface area (Å²) in [5.74, 6) is 1.51. The zero-order valence-corrected chi connectivity index (χ0v) is 28.2. The SMILES string of the molecule is C1=Cc2c(oc3c(C4=CCC(N(C5=CC6c7ccccc7SC6C=C5)C5=CC=C(c6ccccc6)CC5)C=C4)cc4ccccc4c23)CC1. The van der Waals surface area contributed by atoms with Gasteiger partial charge < -0.3 is 9.32 Å². The Morgan fingerprint density at radius 2 is 1.67 bits per heavy atom. The zero-order chi connectivity index (χ0) is 32.3. The first kappa shape index (κ1) is 29.0. The maximum atomic E-state index is 6.69. The second-order valence-electron chi connectivity index (χ2n) is 13.7. The Morgan fingerprint density at radius 3 is 2.55 bits per heavy atom. The second-order valence-corrected chi connectivity index (χ2v) is 15.0. The molecule has 1 aromatic heterocycles. The molecule has 0 fully saturated rings. The predicted octanol–water partition coefficient (Wildman–Crippen LogP) is 12.0. The van der Waals surface area contributed by atoms with E-state index < -0.39 is 0 Å². The number of rotatable bonds is 5. The van der Waals surface area contributed by atoms with Crippen LogP contribution in [0.4, 0.5) is 0 Å². The maximum absolute atomic E-state index is 6.69. The number of furan rings is 1. The van der Waals surface area contributed by atoms with Crippen LogP contribution in [0.1, 0.15) is 59.6 Å². The third-order valence-electron chi connectivity index (χ3n) is 10.9. The van der Waals surface area contributed by atoms with E-state index >= 15 is 0 Å². The molecule has 49 heavy (non-hydrogen) atoms. The number of hydrogen-bond donors (Lipinski definition) is 0. The van der Waals surface area contributed by atoms with Gasteiger partial charge in [-0.3, -0.25) is 0 Å². The van der Waals surface area contributed by atoms with Crippen molar-refractivity contribution in [3.8, 4) is 0 Å². The highest BCUT2D eigenvalue weighted by Gasteiger charge is 2.35. The summed E-state index contributed by atoms with van der Waals surface area (Å²) >= 11 is 2.00. The fourth-order valence-corrected chi connectivity index (χ4v) is 9.82. The predicted molar refractivity (Wildman–Crippen MR) is 206 cm³/mol. The van der Waals surface area contributed by atoms with Crippen LogP contribution >= 0.6 is 11.8 Å². The average molecular weight is 652 g/mol.